The SMILES string of the molecule is CO[C@H]1C[C@@H](CCC(=O)O)C2C3CCc4cc(O)ccc4C3CCC21C. The van der Waals surface area contributed by atoms with Gasteiger partial charge in [-0.25, -0.2) is 0 Å². The molecule has 26 heavy (non-hydrogen) atoms. The number of benzene rings is 1. The predicted molar refractivity (Wildman–Crippen MR) is 99.3 cm³/mol. The Morgan fingerprint density at radius 2 is 2.15 bits per heavy atom. The molecule has 2 fully saturated rings. The van der Waals surface area contributed by atoms with Gasteiger partial charge in [-0.15, -0.1) is 0 Å². The summed E-state index contributed by atoms with van der Waals surface area (Å²) in [7, 11) is 1.82. The summed E-state index contributed by atoms with van der Waals surface area (Å²) >= 11 is 0. The number of phenols is 1. The Bertz CT molecular complexity index is 699. The average Bonchev–Trinajstić information content (AvgIpc) is 2.91. The molecule has 0 aromatic heterocycles. The number of aromatic hydroxyl groups is 1. The predicted octanol–water partition coefficient (Wildman–Crippen LogP) is 4.35. The molecular formula is C22H30O4. The second kappa shape index (κ2) is 6.56. The molecule has 0 radical (unpaired) electrons. The fraction of sp³-hybridized carbons (Fsp3) is 0.682. The van der Waals surface area contributed by atoms with Crippen molar-refractivity contribution < 1.29 is 19.7 Å². The van der Waals surface area contributed by atoms with Gasteiger partial charge in [0.25, 0.3) is 0 Å². The highest BCUT2D eigenvalue weighted by molar-refractivity contribution is 5.66. The van der Waals surface area contributed by atoms with Crippen molar-refractivity contribution in [2.45, 2.75) is 63.9 Å². The smallest absolute Gasteiger partial charge is 0.303 e. The molecule has 0 bridgehead atoms. The number of hydrogen-bond donors (Lipinski definition) is 2. The summed E-state index contributed by atoms with van der Waals surface area (Å²) in [5, 5.41) is 19.0. The van der Waals surface area contributed by atoms with Crippen LogP contribution in [0.15, 0.2) is 18.2 Å². The van der Waals surface area contributed by atoms with Gasteiger partial charge in [-0.2, -0.15) is 0 Å². The van der Waals surface area contributed by atoms with E-state index < -0.39 is 5.97 Å². The highest BCUT2D eigenvalue weighted by atomic mass is 16.5. The lowest BCUT2D eigenvalue weighted by Crippen LogP contribution is -2.45. The van der Waals surface area contributed by atoms with Crippen LogP contribution >= 0.6 is 0 Å². The number of fused-ring (bicyclic) bond motifs is 5. The number of hydrogen-bond acceptors (Lipinski definition) is 3. The van der Waals surface area contributed by atoms with Crippen molar-refractivity contribution >= 4 is 5.97 Å². The van der Waals surface area contributed by atoms with Crippen LogP contribution in [0.2, 0.25) is 0 Å². The summed E-state index contributed by atoms with van der Waals surface area (Å²) in [4.78, 5) is 11.2. The maximum atomic E-state index is 11.2. The zero-order chi connectivity index (χ0) is 18.5. The van der Waals surface area contributed by atoms with Crippen LogP contribution in [0.1, 0.15) is 62.5 Å². The molecule has 4 rings (SSSR count). The topological polar surface area (TPSA) is 66.8 Å². The standard InChI is InChI=1S/C22H30O4/c1-22-10-9-17-16-7-5-15(23)11-13(16)3-6-18(17)21(22)14(4-8-20(24)25)12-19(22)26-2/h5,7,11,14,17-19,21,23H,3-4,6,8-10,12H2,1-2H3,(H,24,25)/t14-,17?,18?,19+,21?,22?/m1/s1. The Hall–Kier alpha value is -1.55. The van der Waals surface area contributed by atoms with Crippen LogP contribution in [-0.4, -0.2) is 29.4 Å². The fourth-order valence-electron chi connectivity index (χ4n) is 6.77. The van der Waals surface area contributed by atoms with Crippen LogP contribution in [-0.2, 0) is 16.0 Å². The van der Waals surface area contributed by atoms with Crippen molar-refractivity contribution in [3.8, 4) is 5.75 Å². The molecule has 2 saturated carbocycles. The first-order valence-electron chi connectivity index (χ1n) is 10.0. The first-order chi connectivity index (χ1) is 12.4. The number of aliphatic carboxylic acids is 1. The third-order valence-corrected chi connectivity index (χ3v) is 7.78. The first kappa shape index (κ1) is 17.8. The molecular weight excluding hydrogens is 328 g/mol. The highest BCUT2D eigenvalue weighted by Gasteiger charge is 2.58. The van der Waals surface area contributed by atoms with E-state index in [1.54, 1.807) is 0 Å². The van der Waals surface area contributed by atoms with Crippen LogP contribution in [0, 0.1) is 23.2 Å². The second-order valence-electron chi connectivity index (χ2n) is 8.91. The van der Waals surface area contributed by atoms with Crippen molar-refractivity contribution in [3.63, 3.8) is 0 Å². The Labute approximate surface area is 155 Å². The Morgan fingerprint density at radius 3 is 2.88 bits per heavy atom. The minimum Gasteiger partial charge on any atom is -0.508 e. The van der Waals surface area contributed by atoms with Crippen molar-refractivity contribution in [2.24, 2.45) is 23.2 Å². The summed E-state index contributed by atoms with van der Waals surface area (Å²) in [6.07, 6.45) is 6.73. The monoisotopic (exact) mass is 358 g/mol. The summed E-state index contributed by atoms with van der Waals surface area (Å²) in [6, 6.07) is 5.89. The van der Waals surface area contributed by atoms with Crippen LogP contribution in [0.25, 0.3) is 0 Å². The van der Waals surface area contributed by atoms with Gasteiger partial charge in [0, 0.05) is 13.5 Å². The van der Waals surface area contributed by atoms with E-state index in [-0.39, 0.29) is 17.9 Å². The molecule has 142 valence electrons. The van der Waals surface area contributed by atoms with Gasteiger partial charge in [0.05, 0.1) is 6.10 Å². The molecule has 1 aromatic carbocycles. The average molecular weight is 358 g/mol. The quantitative estimate of drug-likeness (QED) is 0.839. The number of carboxylic acid groups (broad SMARTS) is 1. The molecule has 3 aliphatic rings. The van der Waals surface area contributed by atoms with Crippen molar-refractivity contribution in [3.05, 3.63) is 29.3 Å². The third kappa shape index (κ3) is 2.74. The number of phenolic OH excluding ortho intramolecular Hbond substituents is 1. The number of carbonyl (C=O) groups is 1. The number of ether oxygens (including phenoxy) is 1. The van der Waals surface area contributed by atoms with Gasteiger partial charge >= 0.3 is 5.97 Å². The maximum Gasteiger partial charge on any atom is 0.303 e. The zero-order valence-corrected chi connectivity index (χ0v) is 15.8. The van der Waals surface area contributed by atoms with E-state index in [1.165, 1.54) is 17.5 Å². The van der Waals surface area contributed by atoms with Gasteiger partial charge in [-0.3, -0.25) is 4.79 Å². The zero-order valence-electron chi connectivity index (χ0n) is 15.8. The molecule has 4 heteroatoms. The van der Waals surface area contributed by atoms with E-state index in [9.17, 15) is 15.0 Å². The summed E-state index contributed by atoms with van der Waals surface area (Å²) < 4.78 is 5.91. The third-order valence-electron chi connectivity index (χ3n) is 7.78. The van der Waals surface area contributed by atoms with E-state index in [1.807, 2.05) is 19.2 Å². The summed E-state index contributed by atoms with van der Waals surface area (Å²) in [6.45, 7) is 2.38. The van der Waals surface area contributed by atoms with Gasteiger partial charge < -0.3 is 14.9 Å². The lowest BCUT2D eigenvalue weighted by molar-refractivity contribution is -0.137. The number of methoxy groups -OCH3 is 1. The van der Waals surface area contributed by atoms with E-state index in [4.69, 9.17) is 4.74 Å². The fourth-order valence-corrected chi connectivity index (χ4v) is 6.77. The number of rotatable bonds is 4. The molecule has 4 nitrogen and oxygen atoms in total. The van der Waals surface area contributed by atoms with Gasteiger partial charge in [0.2, 0.25) is 0 Å². The normalized spacial score (nSPS) is 38.3. The number of aryl methyl sites for hydroxylation is 1. The molecule has 0 amide bonds. The molecule has 4 unspecified atom stereocenters. The van der Waals surface area contributed by atoms with E-state index in [0.29, 0.717) is 29.4 Å². The molecule has 3 aliphatic carbocycles. The Balaban J connectivity index is 1.66. The molecule has 2 N–H and O–H groups in total. The molecule has 6 atom stereocenters. The maximum absolute atomic E-state index is 11.2. The van der Waals surface area contributed by atoms with Crippen LogP contribution < -0.4 is 0 Å². The highest BCUT2D eigenvalue weighted by Crippen LogP contribution is 2.64. The molecule has 0 saturated heterocycles. The van der Waals surface area contributed by atoms with E-state index in [2.05, 4.69) is 13.0 Å². The lowest BCUT2D eigenvalue weighted by atomic mass is 9.53. The minimum absolute atomic E-state index is 0.160. The van der Waals surface area contributed by atoms with Crippen LogP contribution in [0.3, 0.4) is 0 Å². The minimum atomic E-state index is -0.690. The van der Waals surface area contributed by atoms with Crippen LogP contribution in [0.4, 0.5) is 0 Å². The lowest BCUT2D eigenvalue weighted by Gasteiger charge is -2.51. The van der Waals surface area contributed by atoms with Gasteiger partial charge in [-0.1, -0.05) is 13.0 Å². The summed E-state index contributed by atoms with van der Waals surface area (Å²) in [5.41, 5.74) is 2.88. The van der Waals surface area contributed by atoms with Crippen molar-refractivity contribution in [2.75, 3.05) is 7.11 Å². The molecule has 0 heterocycles. The van der Waals surface area contributed by atoms with E-state index >= 15 is 0 Å². The molecule has 1 aromatic rings. The van der Waals surface area contributed by atoms with Gasteiger partial charge in [-0.05, 0) is 90.9 Å². The first-order valence-corrected chi connectivity index (χ1v) is 10.0. The Kier molecular flexibility index (Phi) is 4.50. The second-order valence-corrected chi connectivity index (χ2v) is 8.91. The van der Waals surface area contributed by atoms with E-state index in [0.717, 1.165) is 32.1 Å². The van der Waals surface area contributed by atoms with Crippen molar-refractivity contribution in [1.29, 1.82) is 0 Å². The molecule has 0 spiro atoms. The summed E-state index contributed by atoms with van der Waals surface area (Å²) in [5.74, 6) is 1.79. The molecule has 0 aliphatic heterocycles. The number of carboxylic acids is 1. The van der Waals surface area contributed by atoms with Crippen molar-refractivity contribution in [1.82, 2.24) is 0 Å². The van der Waals surface area contributed by atoms with Crippen LogP contribution in [0.5, 0.6) is 5.75 Å². The largest absolute Gasteiger partial charge is 0.508 e. The Morgan fingerprint density at radius 1 is 1.35 bits per heavy atom. The van der Waals surface area contributed by atoms with Gasteiger partial charge in [0.1, 0.15) is 5.75 Å². The van der Waals surface area contributed by atoms with Gasteiger partial charge in [0.15, 0.2) is 0 Å².